The predicted octanol–water partition coefficient (Wildman–Crippen LogP) is 4.43. The van der Waals surface area contributed by atoms with Gasteiger partial charge in [-0.3, -0.25) is 4.79 Å². The number of anilines is 1. The average Bonchev–Trinajstić information content (AvgIpc) is 3.05. The molecule has 0 unspecified atom stereocenters. The molecule has 2 aromatic rings. The van der Waals surface area contributed by atoms with Gasteiger partial charge in [-0.1, -0.05) is 15.9 Å². The van der Waals surface area contributed by atoms with Gasteiger partial charge in [-0.2, -0.15) is 5.26 Å². The van der Waals surface area contributed by atoms with E-state index in [1.54, 1.807) is 12.1 Å². The number of nitrogens with zero attached hydrogens (tertiary/aromatic N) is 1. The van der Waals surface area contributed by atoms with Crippen molar-refractivity contribution in [2.75, 3.05) is 12.4 Å². The lowest BCUT2D eigenvalue weighted by Crippen LogP contribution is -2.16. The topological polar surface area (TPSA) is 99.4 Å². The van der Waals surface area contributed by atoms with Gasteiger partial charge in [0.05, 0.1) is 12.7 Å². The van der Waals surface area contributed by atoms with Gasteiger partial charge in [0, 0.05) is 14.9 Å². The second kappa shape index (κ2) is 8.59. The Morgan fingerprint density at radius 2 is 2.11 bits per heavy atom. The molecule has 2 N–H and O–H groups in total. The summed E-state index contributed by atoms with van der Waals surface area (Å²) in [5.74, 6) is -1.20. The summed E-state index contributed by atoms with van der Waals surface area (Å²) in [5.41, 5.74) is 1.44. The number of ether oxygens (including phenoxy) is 1. The number of phenols is 1. The molecule has 1 amide bonds. The fraction of sp³-hybridized carbons (Fsp3) is 0.250. The molecular formula is C20H17BrN2O4S. The standard InChI is InChI=1S/C20H17BrN2O4S/c1-27-20(26)17-14-4-2-3-5-16(14)28-19(17)23-18(25)12(10-22)8-11-9-13(21)6-7-15(11)24/h6-9,24H,2-5H2,1H3,(H,23,25)/b12-8+. The molecular weight excluding hydrogens is 444 g/mol. The first-order valence-electron chi connectivity index (χ1n) is 8.59. The molecule has 1 aliphatic rings. The van der Waals surface area contributed by atoms with Crippen LogP contribution in [0.25, 0.3) is 6.08 Å². The third-order valence-corrected chi connectivity index (χ3v) is 6.14. The molecule has 8 heteroatoms. The number of amides is 1. The van der Waals surface area contributed by atoms with Gasteiger partial charge in [0.2, 0.25) is 0 Å². The van der Waals surface area contributed by atoms with Gasteiger partial charge in [-0.05, 0) is 55.5 Å². The average molecular weight is 461 g/mol. The minimum absolute atomic E-state index is 0.0504. The summed E-state index contributed by atoms with van der Waals surface area (Å²) >= 11 is 4.64. The van der Waals surface area contributed by atoms with Crippen LogP contribution in [0.1, 0.15) is 39.2 Å². The van der Waals surface area contributed by atoms with Crippen molar-refractivity contribution >= 4 is 50.2 Å². The van der Waals surface area contributed by atoms with E-state index in [1.165, 1.54) is 30.6 Å². The SMILES string of the molecule is COC(=O)c1c(NC(=O)/C(C#N)=C/c2cc(Br)ccc2O)sc2c1CCCC2. The fourth-order valence-electron chi connectivity index (χ4n) is 3.09. The van der Waals surface area contributed by atoms with E-state index in [-0.39, 0.29) is 11.3 Å². The van der Waals surface area contributed by atoms with Crippen LogP contribution in [0, 0.1) is 11.3 Å². The second-order valence-corrected chi connectivity index (χ2v) is 8.25. The molecule has 1 heterocycles. The molecule has 0 radical (unpaired) electrons. The van der Waals surface area contributed by atoms with Gasteiger partial charge < -0.3 is 15.2 Å². The Morgan fingerprint density at radius 3 is 2.82 bits per heavy atom. The van der Waals surface area contributed by atoms with Crippen LogP contribution in [0.3, 0.4) is 0 Å². The Hall–Kier alpha value is -2.63. The summed E-state index contributed by atoms with van der Waals surface area (Å²) in [7, 11) is 1.30. The summed E-state index contributed by atoms with van der Waals surface area (Å²) in [6.45, 7) is 0. The molecule has 0 spiro atoms. The van der Waals surface area contributed by atoms with Crippen LogP contribution in [0.5, 0.6) is 5.75 Å². The molecule has 3 rings (SSSR count). The third-order valence-electron chi connectivity index (χ3n) is 4.44. The van der Waals surface area contributed by atoms with Gasteiger partial charge in [-0.25, -0.2) is 4.79 Å². The van der Waals surface area contributed by atoms with Crippen LogP contribution in [0.4, 0.5) is 5.00 Å². The van der Waals surface area contributed by atoms with Crippen molar-refractivity contribution in [1.29, 1.82) is 5.26 Å². The Labute approximate surface area is 174 Å². The van der Waals surface area contributed by atoms with E-state index in [2.05, 4.69) is 21.2 Å². The smallest absolute Gasteiger partial charge is 0.341 e. The summed E-state index contributed by atoms with van der Waals surface area (Å²) in [6, 6.07) is 6.57. The zero-order valence-corrected chi connectivity index (χ0v) is 17.4. The van der Waals surface area contributed by atoms with Gasteiger partial charge in [0.1, 0.15) is 22.4 Å². The van der Waals surface area contributed by atoms with Crippen LogP contribution in [0.2, 0.25) is 0 Å². The predicted molar refractivity (Wildman–Crippen MR) is 110 cm³/mol. The fourth-order valence-corrected chi connectivity index (χ4v) is 4.74. The minimum Gasteiger partial charge on any atom is -0.507 e. The number of aromatic hydroxyl groups is 1. The molecule has 1 aromatic heterocycles. The highest BCUT2D eigenvalue weighted by Crippen LogP contribution is 2.38. The Bertz CT molecular complexity index is 1020. The number of esters is 1. The number of aryl methyl sites for hydroxylation is 1. The number of benzene rings is 1. The van der Waals surface area contributed by atoms with E-state index in [1.807, 2.05) is 6.07 Å². The van der Waals surface area contributed by atoms with Crippen molar-refractivity contribution < 1.29 is 19.4 Å². The number of phenolic OH excluding ortho intramolecular Hbond substituents is 1. The zero-order chi connectivity index (χ0) is 20.3. The van der Waals surface area contributed by atoms with Gasteiger partial charge >= 0.3 is 5.97 Å². The molecule has 0 fully saturated rings. The molecule has 0 saturated heterocycles. The van der Waals surface area contributed by atoms with Crippen LogP contribution < -0.4 is 5.32 Å². The maximum atomic E-state index is 12.7. The van der Waals surface area contributed by atoms with Crippen molar-refractivity contribution in [3.8, 4) is 11.8 Å². The molecule has 28 heavy (non-hydrogen) atoms. The van der Waals surface area contributed by atoms with E-state index in [0.29, 0.717) is 20.6 Å². The van der Waals surface area contributed by atoms with Crippen LogP contribution in [-0.2, 0) is 22.4 Å². The number of hydrogen-bond donors (Lipinski definition) is 2. The lowest BCUT2D eigenvalue weighted by atomic mass is 9.95. The zero-order valence-electron chi connectivity index (χ0n) is 15.0. The van der Waals surface area contributed by atoms with E-state index >= 15 is 0 Å². The first-order valence-corrected chi connectivity index (χ1v) is 10.2. The van der Waals surface area contributed by atoms with Crippen molar-refractivity contribution in [2.24, 2.45) is 0 Å². The van der Waals surface area contributed by atoms with Crippen molar-refractivity contribution in [2.45, 2.75) is 25.7 Å². The van der Waals surface area contributed by atoms with E-state index < -0.39 is 11.9 Å². The maximum Gasteiger partial charge on any atom is 0.341 e. The van der Waals surface area contributed by atoms with Crippen LogP contribution in [0.15, 0.2) is 28.2 Å². The largest absolute Gasteiger partial charge is 0.507 e. The molecule has 6 nitrogen and oxygen atoms in total. The number of nitrogens with one attached hydrogen (secondary N) is 1. The van der Waals surface area contributed by atoms with Gasteiger partial charge in [0.15, 0.2) is 0 Å². The molecule has 0 bridgehead atoms. The molecule has 1 aliphatic carbocycles. The molecule has 0 atom stereocenters. The highest BCUT2D eigenvalue weighted by atomic mass is 79.9. The quantitative estimate of drug-likeness (QED) is 0.399. The summed E-state index contributed by atoms with van der Waals surface area (Å²) in [5, 5.41) is 22.4. The van der Waals surface area contributed by atoms with Crippen molar-refractivity contribution in [1.82, 2.24) is 0 Å². The van der Waals surface area contributed by atoms with E-state index in [0.717, 1.165) is 36.1 Å². The van der Waals surface area contributed by atoms with E-state index in [9.17, 15) is 20.0 Å². The number of halogens is 1. The Kier molecular flexibility index (Phi) is 6.17. The van der Waals surface area contributed by atoms with Crippen LogP contribution in [-0.4, -0.2) is 24.1 Å². The van der Waals surface area contributed by atoms with Gasteiger partial charge in [-0.15, -0.1) is 11.3 Å². The Balaban J connectivity index is 1.94. The van der Waals surface area contributed by atoms with Crippen molar-refractivity contribution in [3.05, 3.63) is 49.8 Å². The molecule has 1 aromatic carbocycles. The highest BCUT2D eigenvalue weighted by Gasteiger charge is 2.27. The lowest BCUT2D eigenvalue weighted by Gasteiger charge is -2.11. The number of fused-ring (bicyclic) bond motifs is 1. The molecule has 0 saturated carbocycles. The maximum absolute atomic E-state index is 12.7. The van der Waals surface area contributed by atoms with Gasteiger partial charge in [0.25, 0.3) is 5.91 Å². The highest BCUT2D eigenvalue weighted by molar-refractivity contribution is 9.10. The molecule has 144 valence electrons. The number of nitriles is 1. The van der Waals surface area contributed by atoms with Crippen LogP contribution >= 0.6 is 27.3 Å². The first kappa shape index (κ1) is 20.1. The van der Waals surface area contributed by atoms with E-state index in [4.69, 9.17) is 4.74 Å². The number of rotatable bonds is 4. The monoisotopic (exact) mass is 460 g/mol. The summed E-state index contributed by atoms with van der Waals surface area (Å²) in [4.78, 5) is 26.0. The first-order chi connectivity index (χ1) is 13.4. The number of thiophene rings is 1. The number of methoxy groups -OCH3 is 1. The summed E-state index contributed by atoms with van der Waals surface area (Å²) < 4.78 is 5.59. The van der Waals surface area contributed by atoms with Crippen molar-refractivity contribution in [3.63, 3.8) is 0 Å². The number of carbonyl (C=O) groups excluding carboxylic acids is 2. The lowest BCUT2D eigenvalue weighted by molar-refractivity contribution is -0.112. The number of carbonyl (C=O) groups is 2. The Morgan fingerprint density at radius 1 is 1.36 bits per heavy atom. The number of hydrogen-bond acceptors (Lipinski definition) is 6. The third kappa shape index (κ3) is 4.11. The normalized spacial score (nSPS) is 13.4. The minimum atomic E-state index is -0.648. The molecule has 0 aliphatic heterocycles. The summed E-state index contributed by atoms with van der Waals surface area (Å²) in [6.07, 6.45) is 4.94. The second-order valence-electron chi connectivity index (χ2n) is 6.23.